The maximum Gasteiger partial charge on any atom is 0.262 e. The van der Waals surface area contributed by atoms with E-state index in [4.69, 9.17) is 0 Å². The number of phenols is 1. The molecule has 2 aromatic carbocycles. The molecule has 3 rings (SSSR count). The van der Waals surface area contributed by atoms with E-state index in [0.717, 1.165) is 21.5 Å². The molecular weight excluding hydrogens is 348 g/mol. The van der Waals surface area contributed by atoms with Crippen LogP contribution in [0.2, 0.25) is 0 Å². The van der Waals surface area contributed by atoms with Crippen molar-refractivity contribution >= 4 is 38.3 Å². The van der Waals surface area contributed by atoms with Crippen LogP contribution in [0.3, 0.4) is 0 Å². The van der Waals surface area contributed by atoms with Crippen LogP contribution in [0.15, 0.2) is 53.6 Å². The van der Waals surface area contributed by atoms with E-state index < -0.39 is 6.04 Å². The number of nitrogens with zero attached hydrogens (tertiary/aromatic N) is 2. The molecule has 0 saturated carbocycles. The molecule has 0 aliphatic heterocycles. The summed E-state index contributed by atoms with van der Waals surface area (Å²) in [7, 11) is 0. The fraction of sp³-hybridized carbons (Fsp3) is 0.211. The van der Waals surface area contributed by atoms with Gasteiger partial charge in [0.15, 0.2) is 5.13 Å². The number of aromatic hydroxyl groups is 1. The lowest BCUT2D eigenvalue weighted by Crippen LogP contribution is -2.35. The van der Waals surface area contributed by atoms with Crippen molar-refractivity contribution in [1.29, 1.82) is 0 Å². The van der Waals surface area contributed by atoms with E-state index in [-0.39, 0.29) is 11.7 Å². The third-order valence-electron chi connectivity index (χ3n) is 3.86. The minimum Gasteiger partial charge on any atom is -0.508 e. The van der Waals surface area contributed by atoms with E-state index in [2.05, 4.69) is 20.8 Å². The first kappa shape index (κ1) is 17.9. The van der Waals surface area contributed by atoms with Crippen molar-refractivity contribution in [3.63, 3.8) is 0 Å². The second kappa shape index (κ2) is 7.97. The summed E-state index contributed by atoms with van der Waals surface area (Å²) in [6, 6.07) is 14.1. The fourth-order valence-corrected chi connectivity index (χ4v) is 3.36. The SMILES string of the molecule is CC/C(=N\NC(=O)[C@H](C)Nc1nc2ccccc2s1)c1ccc(O)cc1. The maximum atomic E-state index is 12.3. The lowest BCUT2D eigenvalue weighted by atomic mass is 10.1. The Labute approximate surface area is 155 Å². The number of fused-ring (bicyclic) bond motifs is 1. The van der Waals surface area contributed by atoms with Crippen LogP contribution in [0.25, 0.3) is 10.2 Å². The van der Waals surface area contributed by atoms with Crippen LogP contribution in [-0.2, 0) is 4.79 Å². The van der Waals surface area contributed by atoms with Gasteiger partial charge >= 0.3 is 0 Å². The van der Waals surface area contributed by atoms with Crippen molar-refractivity contribution in [3.05, 3.63) is 54.1 Å². The third kappa shape index (κ3) is 4.18. The highest BCUT2D eigenvalue weighted by atomic mass is 32.1. The van der Waals surface area contributed by atoms with Gasteiger partial charge in [0.05, 0.1) is 15.9 Å². The number of carbonyl (C=O) groups is 1. The molecule has 134 valence electrons. The maximum absolute atomic E-state index is 12.3. The Bertz CT molecular complexity index is 901. The molecule has 1 atom stereocenters. The number of amides is 1. The van der Waals surface area contributed by atoms with Gasteiger partial charge in [-0.15, -0.1) is 0 Å². The molecular formula is C19H20N4O2S. The first-order chi connectivity index (χ1) is 12.6. The third-order valence-corrected chi connectivity index (χ3v) is 4.83. The van der Waals surface area contributed by atoms with Gasteiger partial charge in [-0.2, -0.15) is 5.10 Å². The summed E-state index contributed by atoms with van der Waals surface area (Å²) in [5.41, 5.74) is 5.11. The number of hydrogen-bond acceptors (Lipinski definition) is 6. The highest BCUT2D eigenvalue weighted by Crippen LogP contribution is 2.25. The average Bonchev–Trinajstić information content (AvgIpc) is 3.05. The Hall–Kier alpha value is -2.93. The van der Waals surface area contributed by atoms with Gasteiger partial charge in [-0.3, -0.25) is 4.79 Å². The number of hydrogen-bond donors (Lipinski definition) is 3. The molecule has 1 aromatic heterocycles. The molecule has 0 aliphatic rings. The predicted octanol–water partition coefficient (Wildman–Crippen LogP) is 3.73. The number of aromatic nitrogens is 1. The molecule has 1 heterocycles. The van der Waals surface area contributed by atoms with Crippen molar-refractivity contribution in [3.8, 4) is 5.75 Å². The molecule has 0 aliphatic carbocycles. The number of anilines is 1. The molecule has 7 heteroatoms. The first-order valence-electron chi connectivity index (χ1n) is 8.34. The minimum absolute atomic E-state index is 0.196. The summed E-state index contributed by atoms with van der Waals surface area (Å²) in [4.78, 5) is 16.8. The summed E-state index contributed by atoms with van der Waals surface area (Å²) in [6.07, 6.45) is 0.657. The highest BCUT2D eigenvalue weighted by Gasteiger charge is 2.14. The molecule has 0 fully saturated rings. The average molecular weight is 368 g/mol. The Balaban J connectivity index is 1.65. The molecule has 0 radical (unpaired) electrons. The van der Waals surface area contributed by atoms with Gasteiger partial charge in [-0.25, -0.2) is 10.4 Å². The van der Waals surface area contributed by atoms with Crippen molar-refractivity contribution in [2.75, 3.05) is 5.32 Å². The highest BCUT2D eigenvalue weighted by molar-refractivity contribution is 7.22. The van der Waals surface area contributed by atoms with Gasteiger partial charge in [0.1, 0.15) is 11.8 Å². The Morgan fingerprint density at radius 2 is 1.96 bits per heavy atom. The van der Waals surface area contributed by atoms with E-state index in [1.54, 1.807) is 31.2 Å². The van der Waals surface area contributed by atoms with Gasteiger partial charge in [0.2, 0.25) is 0 Å². The molecule has 0 saturated heterocycles. The summed E-state index contributed by atoms with van der Waals surface area (Å²) in [5.74, 6) is -0.0455. The molecule has 1 amide bonds. The molecule has 6 nitrogen and oxygen atoms in total. The van der Waals surface area contributed by atoms with Crippen LogP contribution in [0.1, 0.15) is 25.8 Å². The summed E-state index contributed by atoms with van der Waals surface area (Å²) < 4.78 is 1.07. The number of rotatable bonds is 6. The number of para-hydroxylation sites is 1. The second-order valence-electron chi connectivity index (χ2n) is 5.79. The van der Waals surface area contributed by atoms with E-state index in [1.807, 2.05) is 31.2 Å². The number of benzene rings is 2. The van der Waals surface area contributed by atoms with Crippen LogP contribution in [-0.4, -0.2) is 27.8 Å². The normalized spacial score (nSPS) is 12.8. The van der Waals surface area contributed by atoms with Gasteiger partial charge in [-0.1, -0.05) is 30.4 Å². The Morgan fingerprint density at radius 1 is 1.23 bits per heavy atom. The monoisotopic (exact) mass is 368 g/mol. The number of thiazole rings is 1. The number of phenolic OH excluding ortho intramolecular Hbond substituents is 1. The van der Waals surface area contributed by atoms with Crippen molar-refractivity contribution < 1.29 is 9.90 Å². The van der Waals surface area contributed by atoms with E-state index in [0.29, 0.717) is 11.6 Å². The summed E-state index contributed by atoms with van der Waals surface area (Å²) in [6.45, 7) is 3.73. The summed E-state index contributed by atoms with van der Waals surface area (Å²) >= 11 is 1.51. The molecule has 0 bridgehead atoms. The molecule has 3 N–H and O–H groups in total. The van der Waals surface area contributed by atoms with E-state index in [1.165, 1.54) is 11.3 Å². The second-order valence-corrected chi connectivity index (χ2v) is 6.82. The lowest BCUT2D eigenvalue weighted by Gasteiger charge is -2.11. The quantitative estimate of drug-likeness (QED) is 0.457. The van der Waals surface area contributed by atoms with Gasteiger partial charge in [0, 0.05) is 0 Å². The van der Waals surface area contributed by atoms with Crippen LogP contribution < -0.4 is 10.7 Å². The van der Waals surface area contributed by atoms with Crippen molar-refractivity contribution in [1.82, 2.24) is 10.4 Å². The zero-order valence-corrected chi connectivity index (χ0v) is 15.4. The van der Waals surface area contributed by atoms with Crippen LogP contribution in [0, 0.1) is 0 Å². The van der Waals surface area contributed by atoms with Crippen molar-refractivity contribution in [2.45, 2.75) is 26.3 Å². The zero-order valence-electron chi connectivity index (χ0n) is 14.6. The lowest BCUT2D eigenvalue weighted by molar-refractivity contribution is -0.121. The fourth-order valence-electron chi connectivity index (χ4n) is 2.41. The largest absolute Gasteiger partial charge is 0.508 e. The Kier molecular flexibility index (Phi) is 5.48. The smallest absolute Gasteiger partial charge is 0.262 e. The summed E-state index contributed by atoms with van der Waals surface area (Å²) in [5, 5.41) is 17.4. The van der Waals surface area contributed by atoms with Crippen LogP contribution in [0.5, 0.6) is 5.75 Å². The number of nitrogens with one attached hydrogen (secondary N) is 2. The van der Waals surface area contributed by atoms with Crippen LogP contribution >= 0.6 is 11.3 Å². The molecule has 26 heavy (non-hydrogen) atoms. The predicted molar refractivity (Wildman–Crippen MR) is 106 cm³/mol. The minimum atomic E-state index is -0.475. The van der Waals surface area contributed by atoms with E-state index >= 15 is 0 Å². The van der Waals surface area contributed by atoms with Gasteiger partial charge in [-0.05, 0) is 55.3 Å². The van der Waals surface area contributed by atoms with Crippen molar-refractivity contribution in [2.24, 2.45) is 5.10 Å². The van der Waals surface area contributed by atoms with E-state index in [9.17, 15) is 9.90 Å². The standard InChI is InChI=1S/C19H20N4O2S/c1-3-15(13-8-10-14(24)11-9-13)22-23-18(25)12(2)20-19-21-16-6-4-5-7-17(16)26-19/h4-12,24H,3H2,1-2H3,(H,20,21)(H,23,25)/b22-15+/t12-/m0/s1. The number of carbonyl (C=O) groups excluding carboxylic acids is 1. The number of hydrazone groups is 1. The van der Waals surface area contributed by atoms with Gasteiger partial charge in [0.25, 0.3) is 5.91 Å². The zero-order chi connectivity index (χ0) is 18.5. The first-order valence-corrected chi connectivity index (χ1v) is 9.16. The Morgan fingerprint density at radius 3 is 2.65 bits per heavy atom. The topological polar surface area (TPSA) is 86.6 Å². The molecule has 0 unspecified atom stereocenters. The molecule has 0 spiro atoms. The van der Waals surface area contributed by atoms with Gasteiger partial charge < -0.3 is 10.4 Å². The van der Waals surface area contributed by atoms with Crippen LogP contribution in [0.4, 0.5) is 5.13 Å². The molecule has 3 aromatic rings.